The minimum atomic E-state index is 0.0164. The third kappa shape index (κ3) is 3.35. The maximum Gasteiger partial charge on any atom is 0.223 e. The second kappa shape index (κ2) is 5.49. The van der Waals surface area contributed by atoms with Crippen molar-refractivity contribution in [1.82, 2.24) is 10.3 Å². The normalized spacial score (nSPS) is 12.5. The van der Waals surface area contributed by atoms with Gasteiger partial charge in [0.1, 0.15) is 0 Å². The monoisotopic (exact) mass is 206 g/mol. The van der Waals surface area contributed by atoms with Crippen molar-refractivity contribution in [3.05, 3.63) is 30.1 Å². The lowest BCUT2D eigenvalue weighted by Crippen LogP contribution is -2.31. The first kappa shape index (κ1) is 11.7. The average molecular weight is 206 g/mol. The molecule has 1 rings (SSSR count). The molecule has 0 spiro atoms. The molecule has 0 radical (unpaired) electrons. The SMILES string of the molecule is CCC(NC(=O)C(C)C)c1ccccn1. The highest BCUT2D eigenvalue weighted by Crippen LogP contribution is 2.13. The van der Waals surface area contributed by atoms with E-state index in [1.807, 2.05) is 39.0 Å². The van der Waals surface area contributed by atoms with Gasteiger partial charge in [0.05, 0.1) is 11.7 Å². The Morgan fingerprint density at radius 1 is 1.47 bits per heavy atom. The minimum Gasteiger partial charge on any atom is -0.348 e. The van der Waals surface area contributed by atoms with Crippen LogP contribution in [0.2, 0.25) is 0 Å². The molecule has 0 aliphatic heterocycles. The molecule has 1 unspecified atom stereocenters. The van der Waals surface area contributed by atoms with Gasteiger partial charge in [0.15, 0.2) is 0 Å². The molecular weight excluding hydrogens is 188 g/mol. The van der Waals surface area contributed by atoms with Crippen molar-refractivity contribution < 1.29 is 4.79 Å². The first-order valence-corrected chi connectivity index (χ1v) is 5.36. The number of hydrogen-bond donors (Lipinski definition) is 1. The van der Waals surface area contributed by atoms with Crippen LogP contribution < -0.4 is 5.32 Å². The molecule has 82 valence electrons. The number of nitrogens with zero attached hydrogens (tertiary/aromatic N) is 1. The molecule has 0 saturated heterocycles. The molecule has 1 heterocycles. The molecule has 0 saturated carbocycles. The first-order chi connectivity index (χ1) is 7.15. The van der Waals surface area contributed by atoms with E-state index in [-0.39, 0.29) is 17.9 Å². The van der Waals surface area contributed by atoms with Crippen molar-refractivity contribution in [2.75, 3.05) is 0 Å². The fraction of sp³-hybridized carbons (Fsp3) is 0.500. The Bertz CT molecular complexity index is 309. The fourth-order valence-electron chi connectivity index (χ4n) is 1.31. The highest BCUT2D eigenvalue weighted by atomic mass is 16.1. The van der Waals surface area contributed by atoms with Crippen LogP contribution in [0.15, 0.2) is 24.4 Å². The number of rotatable bonds is 4. The van der Waals surface area contributed by atoms with Gasteiger partial charge in [-0.25, -0.2) is 0 Å². The van der Waals surface area contributed by atoms with Gasteiger partial charge in [-0.1, -0.05) is 26.8 Å². The molecule has 3 heteroatoms. The van der Waals surface area contributed by atoms with Crippen molar-refractivity contribution in [3.63, 3.8) is 0 Å². The van der Waals surface area contributed by atoms with Crippen molar-refractivity contribution in [3.8, 4) is 0 Å². The number of carbonyl (C=O) groups is 1. The van der Waals surface area contributed by atoms with Crippen LogP contribution in [0.5, 0.6) is 0 Å². The molecule has 1 N–H and O–H groups in total. The Hall–Kier alpha value is -1.38. The fourth-order valence-corrected chi connectivity index (χ4v) is 1.31. The summed E-state index contributed by atoms with van der Waals surface area (Å²) in [5.74, 6) is 0.0928. The number of carbonyl (C=O) groups excluding carboxylic acids is 1. The standard InChI is InChI=1S/C12H18N2O/c1-4-10(14-12(15)9(2)3)11-7-5-6-8-13-11/h5-10H,4H2,1-3H3,(H,14,15). The average Bonchev–Trinajstić information content (AvgIpc) is 2.26. The molecular formula is C12H18N2O. The van der Waals surface area contributed by atoms with E-state index in [1.165, 1.54) is 0 Å². The smallest absolute Gasteiger partial charge is 0.223 e. The summed E-state index contributed by atoms with van der Waals surface area (Å²) in [6.07, 6.45) is 2.61. The van der Waals surface area contributed by atoms with Crippen LogP contribution in [0, 0.1) is 5.92 Å². The van der Waals surface area contributed by atoms with Crippen molar-refractivity contribution in [2.24, 2.45) is 5.92 Å². The second-order valence-electron chi connectivity index (χ2n) is 3.88. The summed E-state index contributed by atoms with van der Waals surface area (Å²) >= 11 is 0. The van der Waals surface area contributed by atoms with Crippen molar-refractivity contribution in [2.45, 2.75) is 33.2 Å². The summed E-state index contributed by atoms with van der Waals surface area (Å²) in [5.41, 5.74) is 0.925. The predicted octanol–water partition coefficient (Wildman–Crippen LogP) is 2.30. The van der Waals surface area contributed by atoms with Gasteiger partial charge in [0.25, 0.3) is 0 Å². The van der Waals surface area contributed by atoms with Crippen LogP contribution >= 0.6 is 0 Å². The van der Waals surface area contributed by atoms with Gasteiger partial charge in [-0.15, -0.1) is 0 Å². The molecule has 0 aromatic carbocycles. The van der Waals surface area contributed by atoms with E-state index in [0.29, 0.717) is 0 Å². The maximum atomic E-state index is 11.5. The Labute approximate surface area is 90.9 Å². The van der Waals surface area contributed by atoms with E-state index in [1.54, 1.807) is 6.20 Å². The summed E-state index contributed by atoms with van der Waals surface area (Å²) in [6, 6.07) is 5.78. The summed E-state index contributed by atoms with van der Waals surface area (Å²) in [7, 11) is 0. The maximum absolute atomic E-state index is 11.5. The van der Waals surface area contributed by atoms with Gasteiger partial charge in [-0.2, -0.15) is 0 Å². The van der Waals surface area contributed by atoms with Gasteiger partial charge < -0.3 is 5.32 Å². The Morgan fingerprint density at radius 2 is 2.20 bits per heavy atom. The van der Waals surface area contributed by atoms with E-state index >= 15 is 0 Å². The van der Waals surface area contributed by atoms with Gasteiger partial charge in [0.2, 0.25) is 5.91 Å². The zero-order chi connectivity index (χ0) is 11.3. The zero-order valence-electron chi connectivity index (χ0n) is 9.53. The van der Waals surface area contributed by atoms with E-state index in [0.717, 1.165) is 12.1 Å². The van der Waals surface area contributed by atoms with Crippen molar-refractivity contribution in [1.29, 1.82) is 0 Å². The Morgan fingerprint density at radius 3 is 2.67 bits per heavy atom. The lowest BCUT2D eigenvalue weighted by molar-refractivity contribution is -0.124. The number of nitrogens with one attached hydrogen (secondary N) is 1. The topological polar surface area (TPSA) is 42.0 Å². The molecule has 15 heavy (non-hydrogen) atoms. The Kier molecular flexibility index (Phi) is 4.28. The summed E-state index contributed by atoms with van der Waals surface area (Å²) in [5, 5.41) is 2.98. The summed E-state index contributed by atoms with van der Waals surface area (Å²) in [6.45, 7) is 5.82. The second-order valence-corrected chi connectivity index (χ2v) is 3.88. The molecule has 0 aliphatic rings. The third-order valence-corrected chi connectivity index (χ3v) is 2.29. The zero-order valence-corrected chi connectivity index (χ0v) is 9.53. The van der Waals surface area contributed by atoms with Crippen LogP contribution in [0.3, 0.4) is 0 Å². The van der Waals surface area contributed by atoms with Crippen LogP contribution in [-0.2, 0) is 4.79 Å². The molecule has 1 aromatic heterocycles. The number of hydrogen-bond acceptors (Lipinski definition) is 2. The third-order valence-electron chi connectivity index (χ3n) is 2.29. The minimum absolute atomic E-state index is 0.0164. The molecule has 1 atom stereocenters. The van der Waals surface area contributed by atoms with E-state index < -0.39 is 0 Å². The van der Waals surface area contributed by atoms with Crippen LogP contribution in [0.4, 0.5) is 0 Å². The largest absolute Gasteiger partial charge is 0.348 e. The number of amides is 1. The lowest BCUT2D eigenvalue weighted by Gasteiger charge is -2.17. The highest BCUT2D eigenvalue weighted by molar-refractivity contribution is 5.78. The van der Waals surface area contributed by atoms with Gasteiger partial charge in [0, 0.05) is 12.1 Å². The molecule has 0 fully saturated rings. The molecule has 3 nitrogen and oxygen atoms in total. The van der Waals surface area contributed by atoms with Gasteiger partial charge >= 0.3 is 0 Å². The molecule has 1 aromatic rings. The lowest BCUT2D eigenvalue weighted by atomic mass is 10.1. The molecule has 0 bridgehead atoms. The van der Waals surface area contributed by atoms with Gasteiger partial charge in [-0.3, -0.25) is 9.78 Å². The molecule has 1 amide bonds. The predicted molar refractivity (Wildman–Crippen MR) is 60.2 cm³/mol. The number of pyridine rings is 1. The van der Waals surface area contributed by atoms with Gasteiger partial charge in [-0.05, 0) is 18.6 Å². The first-order valence-electron chi connectivity index (χ1n) is 5.36. The van der Waals surface area contributed by atoms with Crippen LogP contribution in [0.1, 0.15) is 38.9 Å². The van der Waals surface area contributed by atoms with E-state index in [2.05, 4.69) is 10.3 Å². The van der Waals surface area contributed by atoms with E-state index in [4.69, 9.17) is 0 Å². The Balaban J connectivity index is 2.69. The number of aromatic nitrogens is 1. The quantitative estimate of drug-likeness (QED) is 0.821. The summed E-state index contributed by atoms with van der Waals surface area (Å²) < 4.78 is 0. The summed E-state index contributed by atoms with van der Waals surface area (Å²) in [4.78, 5) is 15.8. The van der Waals surface area contributed by atoms with Crippen LogP contribution in [0.25, 0.3) is 0 Å². The van der Waals surface area contributed by atoms with Crippen molar-refractivity contribution >= 4 is 5.91 Å². The highest BCUT2D eigenvalue weighted by Gasteiger charge is 2.15. The molecule has 0 aliphatic carbocycles. The van der Waals surface area contributed by atoms with Crippen LogP contribution in [-0.4, -0.2) is 10.9 Å². The van der Waals surface area contributed by atoms with E-state index in [9.17, 15) is 4.79 Å².